The molecule has 0 spiro atoms. The largest absolute Gasteiger partial charge is 0.479 e. The fourth-order valence-electron chi connectivity index (χ4n) is 1.78. The number of carboxylic acid groups (broad SMARTS) is 1. The summed E-state index contributed by atoms with van der Waals surface area (Å²) in [5.41, 5.74) is 1.14. The van der Waals surface area contributed by atoms with Crippen molar-refractivity contribution < 1.29 is 14.7 Å². The van der Waals surface area contributed by atoms with E-state index in [1.165, 1.54) is 17.0 Å². The lowest BCUT2D eigenvalue weighted by Crippen LogP contribution is -2.32. The monoisotopic (exact) mass is 289 g/mol. The van der Waals surface area contributed by atoms with E-state index >= 15 is 0 Å². The predicted octanol–water partition coefficient (Wildman–Crippen LogP) is 0.109. The van der Waals surface area contributed by atoms with E-state index in [2.05, 4.69) is 15.5 Å². The van der Waals surface area contributed by atoms with Gasteiger partial charge in [-0.1, -0.05) is 0 Å². The molecule has 0 fully saturated rings. The van der Waals surface area contributed by atoms with Gasteiger partial charge >= 0.3 is 5.97 Å². The highest BCUT2D eigenvalue weighted by Crippen LogP contribution is 2.12. The molecule has 0 aliphatic heterocycles. The number of hydrogen-bond donors (Lipinski definition) is 2. The molecule has 2 heterocycles. The Labute approximate surface area is 120 Å². The maximum absolute atomic E-state index is 11.8. The summed E-state index contributed by atoms with van der Waals surface area (Å²) in [4.78, 5) is 23.1. The number of amides is 1. The molecule has 0 aliphatic carbocycles. The molecule has 2 rings (SSSR count). The molecule has 0 radical (unpaired) electrons. The molecule has 0 bridgehead atoms. The van der Waals surface area contributed by atoms with Crippen molar-refractivity contribution in [3.05, 3.63) is 42.0 Å². The van der Waals surface area contributed by atoms with Gasteiger partial charge in [0, 0.05) is 38.1 Å². The summed E-state index contributed by atoms with van der Waals surface area (Å²) >= 11 is 0. The molecule has 1 amide bonds. The summed E-state index contributed by atoms with van der Waals surface area (Å²) in [5.74, 6) is -1.65. The molecule has 2 aromatic heterocycles. The lowest BCUT2D eigenvalue weighted by Gasteiger charge is -2.10. The van der Waals surface area contributed by atoms with Crippen LogP contribution >= 0.6 is 0 Å². The highest BCUT2D eigenvalue weighted by molar-refractivity contribution is 5.94. The number of carbonyl (C=O) groups is 2. The van der Waals surface area contributed by atoms with Crippen molar-refractivity contribution in [3.8, 4) is 0 Å². The number of nitrogens with one attached hydrogen (secondary N) is 1. The van der Waals surface area contributed by atoms with Crippen LogP contribution in [0.3, 0.4) is 0 Å². The molecule has 21 heavy (non-hydrogen) atoms. The van der Waals surface area contributed by atoms with E-state index in [-0.39, 0.29) is 0 Å². The van der Waals surface area contributed by atoms with Crippen LogP contribution in [0.4, 0.5) is 0 Å². The highest BCUT2D eigenvalue weighted by atomic mass is 16.4. The fourth-order valence-corrected chi connectivity index (χ4v) is 1.78. The Balaban J connectivity index is 2.07. The number of aromatic nitrogens is 4. The SMILES string of the molecule is Cn1cc(C(NC(=O)/C=C/c2ccnn2C)C(=O)O)cn1. The smallest absolute Gasteiger partial charge is 0.331 e. The van der Waals surface area contributed by atoms with Gasteiger partial charge in [-0.2, -0.15) is 10.2 Å². The number of rotatable bonds is 5. The highest BCUT2D eigenvalue weighted by Gasteiger charge is 2.22. The third-order valence-electron chi connectivity index (χ3n) is 2.86. The molecule has 8 heteroatoms. The molecular formula is C13H15N5O3. The van der Waals surface area contributed by atoms with E-state index in [0.717, 1.165) is 5.69 Å². The van der Waals surface area contributed by atoms with Gasteiger partial charge in [-0.15, -0.1) is 0 Å². The van der Waals surface area contributed by atoms with E-state index in [4.69, 9.17) is 0 Å². The summed E-state index contributed by atoms with van der Waals surface area (Å²) in [6, 6.07) is 0.599. The summed E-state index contributed by atoms with van der Waals surface area (Å²) in [7, 11) is 3.42. The first kappa shape index (κ1) is 14.5. The van der Waals surface area contributed by atoms with Crippen LogP contribution in [0, 0.1) is 0 Å². The first-order valence-electron chi connectivity index (χ1n) is 6.15. The molecule has 0 aromatic carbocycles. The number of aliphatic carboxylic acids is 1. The van der Waals surface area contributed by atoms with Crippen LogP contribution in [0.5, 0.6) is 0 Å². The maximum atomic E-state index is 11.8. The first-order chi connectivity index (χ1) is 9.97. The second-order valence-electron chi connectivity index (χ2n) is 4.44. The van der Waals surface area contributed by atoms with E-state index in [9.17, 15) is 14.7 Å². The second-order valence-corrected chi connectivity index (χ2v) is 4.44. The van der Waals surface area contributed by atoms with Crippen LogP contribution in [0.15, 0.2) is 30.7 Å². The molecule has 0 saturated heterocycles. The lowest BCUT2D eigenvalue weighted by molar-refractivity contribution is -0.141. The minimum atomic E-state index is -1.15. The van der Waals surface area contributed by atoms with Crippen LogP contribution in [-0.4, -0.2) is 36.5 Å². The number of aryl methyl sites for hydroxylation is 2. The van der Waals surface area contributed by atoms with Crippen LogP contribution < -0.4 is 5.32 Å². The minimum absolute atomic E-state index is 0.410. The quantitative estimate of drug-likeness (QED) is 0.761. The standard InChI is InChI=1S/C13H15N5O3/c1-17-8-9(7-15-17)12(13(20)21)16-11(19)4-3-10-5-6-14-18(10)2/h3-8,12H,1-2H3,(H,16,19)(H,20,21)/b4-3+. The third-order valence-corrected chi connectivity index (χ3v) is 2.86. The van der Waals surface area contributed by atoms with Gasteiger partial charge in [0.25, 0.3) is 0 Å². The number of carboxylic acids is 1. The fraction of sp³-hybridized carbons (Fsp3) is 0.231. The van der Waals surface area contributed by atoms with Crippen LogP contribution in [0.2, 0.25) is 0 Å². The normalized spacial score (nSPS) is 12.5. The summed E-state index contributed by atoms with van der Waals surface area (Å²) in [6.07, 6.45) is 7.38. The molecule has 110 valence electrons. The zero-order valence-electron chi connectivity index (χ0n) is 11.6. The number of hydrogen-bond acceptors (Lipinski definition) is 4. The third kappa shape index (κ3) is 3.56. The van der Waals surface area contributed by atoms with Crippen LogP contribution in [-0.2, 0) is 23.7 Å². The van der Waals surface area contributed by atoms with Gasteiger partial charge < -0.3 is 10.4 Å². The Morgan fingerprint density at radius 2 is 2.14 bits per heavy atom. The van der Waals surface area contributed by atoms with Gasteiger partial charge in [-0.3, -0.25) is 14.2 Å². The zero-order valence-corrected chi connectivity index (χ0v) is 11.6. The average molecular weight is 289 g/mol. The van der Waals surface area contributed by atoms with E-state index < -0.39 is 17.9 Å². The maximum Gasteiger partial charge on any atom is 0.331 e. The first-order valence-corrected chi connectivity index (χ1v) is 6.15. The Morgan fingerprint density at radius 3 is 2.67 bits per heavy atom. The average Bonchev–Trinajstić information content (AvgIpc) is 3.02. The molecule has 0 aliphatic rings. The molecule has 1 unspecified atom stereocenters. The molecular weight excluding hydrogens is 274 g/mol. The van der Waals surface area contributed by atoms with E-state index in [1.807, 2.05) is 0 Å². The molecule has 2 N–H and O–H groups in total. The van der Waals surface area contributed by atoms with Gasteiger partial charge in [0.05, 0.1) is 11.9 Å². The van der Waals surface area contributed by atoms with Gasteiger partial charge in [-0.05, 0) is 12.1 Å². The molecule has 0 saturated carbocycles. The number of carbonyl (C=O) groups excluding carboxylic acids is 1. The summed E-state index contributed by atoms with van der Waals surface area (Å²) in [6.45, 7) is 0. The van der Waals surface area contributed by atoms with Gasteiger partial charge in [0.15, 0.2) is 6.04 Å². The number of nitrogens with zero attached hydrogens (tertiary/aromatic N) is 4. The Hall–Kier alpha value is -2.90. The van der Waals surface area contributed by atoms with Crippen molar-refractivity contribution in [2.75, 3.05) is 0 Å². The van der Waals surface area contributed by atoms with E-state index in [1.54, 1.807) is 43.3 Å². The van der Waals surface area contributed by atoms with Crippen LogP contribution in [0.25, 0.3) is 6.08 Å². The van der Waals surface area contributed by atoms with Gasteiger partial charge in [-0.25, -0.2) is 4.79 Å². The minimum Gasteiger partial charge on any atom is -0.479 e. The predicted molar refractivity (Wildman–Crippen MR) is 74.0 cm³/mol. The van der Waals surface area contributed by atoms with Crippen LogP contribution in [0.1, 0.15) is 17.3 Å². The van der Waals surface area contributed by atoms with Crippen molar-refractivity contribution in [1.82, 2.24) is 24.9 Å². The zero-order chi connectivity index (χ0) is 15.4. The topological polar surface area (TPSA) is 102 Å². The van der Waals surface area contributed by atoms with Gasteiger partial charge in [0.1, 0.15) is 0 Å². The molecule has 1 atom stereocenters. The van der Waals surface area contributed by atoms with Crippen molar-refractivity contribution in [2.45, 2.75) is 6.04 Å². The second kappa shape index (κ2) is 6.04. The van der Waals surface area contributed by atoms with Crippen molar-refractivity contribution in [2.24, 2.45) is 14.1 Å². The molecule has 2 aromatic rings. The van der Waals surface area contributed by atoms with Crippen molar-refractivity contribution >= 4 is 18.0 Å². The Kier molecular flexibility index (Phi) is 4.17. The lowest BCUT2D eigenvalue weighted by atomic mass is 10.1. The Bertz CT molecular complexity index is 686. The van der Waals surface area contributed by atoms with Gasteiger partial charge in [0.2, 0.25) is 5.91 Å². The van der Waals surface area contributed by atoms with Crippen molar-refractivity contribution in [3.63, 3.8) is 0 Å². The Morgan fingerprint density at radius 1 is 1.38 bits per heavy atom. The van der Waals surface area contributed by atoms with Crippen molar-refractivity contribution in [1.29, 1.82) is 0 Å². The summed E-state index contributed by atoms with van der Waals surface area (Å²) in [5, 5.41) is 19.5. The molecule has 8 nitrogen and oxygen atoms in total. The summed E-state index contributed by atoms with van der Waals surface area (Å²) < 4.78 is 3.07. The van der Waals surface area contributed by atoms with E-state index in [0.29, 0.717) is 5.56 Å².